The number of likely N-dealkylation sites (tertiary alicyclic amines) is 1. The van der Waals surface area contributed by atoms with E-state index in [1.54, 1.807) is 9.80 Å². The molecule has 1 saturated carbocycles. The highest BCUT2D eigenvalue weighted by atomic mass is 16.5. The topological polar surface area (TPSA) is 184 Å². The Hall–Kier alpha value is -6.92. The van der Waals surface area contributed by atoms with E-state index in [2.05, 4.69) is 75.6 Å². The third kappa shape index (κ3) is 9.81. The van der Waals surface area contributed by atoms with Gasteiger partial charge in [-0.25, -0.2) is 19.6 Å². The molecule has 4 amide bonds. The summed E-state index contributed by atoms with van der Waals surface area (Å²) in [6, 6.07) is 18.7. The van der Waals surface area contributed by atoms with Crippen LogP contribution < -0.4 is 10.6 Å². The Kier molecular flexibility index (Phi) is 13.8. The molecule has 0 bridgehead atoms. The lowest BCUT2D eigenvalue weighted by atomic mass is 9.86. The van der Waals surface area contributed by atoms with Gasteiger partial charge in [0, 0.05) is 30.5 Å². The van der Waals surface area contributed by atoms with Crippen molar-refractivity contribution in [1.29, 1.82) is 0 Å². The van der Waals surface area contributed by atoms with Crippen LogP contribution in [0.2, 0.25) is 0 Å². The van der Waals surface area contributed by atoms with Crippen LogP contribution in [-0.4, -0.2) is 106 Å². The number of fused-ring (bicyclic) bond motifs is 6. The van der Waals surface area contributed by atoms with Crippen LogP contribution >= 0.6 is 0 Å². The summed E-state index contributed by atoms with van der Waals surface area (Å²) in [5, 5.41) is 9.42. The fourth-order valence-corrected chi connectivity index (χ4v) is 9.22. The molecule has 3 heterocycles. The minimum absolute atomic E-state index is 0.140. The number of benzene rings is 4. The predicted octanol–water partition coefficient (Wildman–Crippen LogP) is 8.40. The first-order chi connectivity index (χ1) is 32.3. The second kappa shape index (κ2) is 19.9. The van der Waals surface area contributed by atoms with Gasteiger partial charge in [-0.3, -0.25) is 9.59 Å². The Balaban J connectivity index is 1.04. The molecule has 0 unspecified atom stereocenters. The van der Waals surface area contributed by atoms with Gasteiger partial charge < -0.3 is 44.6 Å². The first-order valence-electron chi connectivity index (χ1n) is 23.1. The molecule has 4 atom stereocenters. The maximum absolute atomic E-state index is 14.2. The van der Waals surface area contributed by atoms with Crippen molar-refractivity contribution < 1.29 is 33.4 Å². The first-order valence-corrected chi connectivity index (χ1v) is 23.1. The van der Waals surface area contributed by atoms with Crippen LogP contribution in [0.5, 0.6) is 0 Å². The molecule has 4 N–H and O–H groups in total. The zero-order valence-corrected chi connectivity index (χ0v) is 39.1. The van der Waals surface area contributed by atoms with Crippen molar-refractivity contribution in [2.45, 2.75) is 78.0 Å². The number of carbonyl (C=O) groups is 4. The second-order valence-electron chi connectivity index (χ2n) is 18.6. The Morgan fingerprint density at radius 2 is 1.45 bits per heavy atom. The van der Waals surface area contributed by atoms with Crippen LogP contribution in [0.1, 0.15) is 71.1 Å². The minimum atomic E-state index is -0.842. The van der Waals surface area contributed by atoms with Crippen molar-refractivity contribution in [1.82, 2.24) is 40.4 Å². The molecule has 2 aromatic heterocycles. The van der Waals surface area contributed by atoms with Gasteiger partial charge in [0.2, 0.25) is 11.8 Å². The average molecular weight is 909 g/mol. The summed E-state index contributed by atoms with van der Waals surface area (Å²) in [6.07, 6.45) is 8.83. The van der Waals surface area contributed by atoms with Crippen molar-refractivity contribution in [3.8, 4) is 23.5 Å². The monoisotopic (exact) mass is 908 g/mol. The van der Waals surface area contributed by atoms with Crippen LogP contribution in [0.25, 0.3) is 54.7 Å². The van der Waals surface area contributed by atoms with E-state index in [9.17, 15) is 19.2 Å². The molecule has 1 aliphatic carbocycles. The molecular formula is C52H60N8O7. The molecule has 6 aromatic rings. The molecule has 67 heavy (non-hydrogen) atoms. The van der Waals surface area contributed by atoms with E-state index in [1.807, 2.05) is 45.9 Å². The number of H-pyrrole nitrogens is 2. The number of aromatic amines is 2. The van der Waals surface area contributed by atoms with Crippen LogP contribution in [0.15, 0.2) is 72.8 Å². The highest BCUT2D eigenvalue weighted by Crippen LogP contribution is 2.38. The number of hydrogen-bond donors (Lipinski definition) is 4. The van der Waals surface area contributed by atoms with Gasteiger partial charge in [0.25, 0.3) is 0 Å². The fraction of sp³-hybridized carbons (Fsp3) is 0.423. The lowest BCUT2D eigenvalue weighted by Crippen LogP contribution is -2.52. The van der Waals surface area contributed by atoms with Crippen LogP contribution in [0.3, 0.4) is 0 Å². The van der Waals surface area contributed by atoms with Gasteiger partial charge in [-0.1, -0.05) is 83.0 Å². The van der Waals surface area contributed by atoms with E-state index < -0.39 is 30.3 Å². The highest BCUT2D eigenvalue weighted by Gasteiger charge is 2.40. The third-order valence-corrected chi connectivity index (χ3v) is 13.3. The van der Waals surface area contributed by atoms with E-state index in [4.69, 9.17) is 30.6 Å². The first kappa shape index (κ1) is 46.6. The van der Waals surface area contributed by atoms with E-state index in [-0.39, 0.29) is 42.7 Å². The third-order valence-electron chi connectivity index (χ3n) is 13.3. The largest absolute Gasteiger partial charge is 0.453 e. The normalized spacial score (nSPS) is 16.6. The summed E-state index contributed by atoms with van der Waals surface area (Å²) >= 11 is 0. The van der Waals surface area contributed by atoms with Gasteiger partial charge in [0.1, 0.15) is 29.8 Å². The molecule has 0 spiro atoms. The van der Waals surface area contributed by atoms with Crippen LogP contribution in [0.4, 0.5) is 9.59 Å². The molecule has 15 heteroatoms. The highest BCUT2D eigenvalue weighted by molar-refractivity contribution is 6.07. The lowest BCUT2D eigenvalue weighted by Gasteiger charge is -2.31. The summed E-state index contributed by atoms with van der Waals surface area (Å²) in [7, 11) is 2.55. The summed E-state index contributed by atoms with van der Waals surface area (Å²) < 4.78 is 15.7. The van der Waals surface area contributed by atoms with Gasteiger partial charge in [0.15, 0.2) is 0 Å². The van der Waals surface area contributed by atoms with E-state index in [0.717, 1.165) is 73.2 Å². The predicted molar refractivity (Wildman–Crippen MR) is 259 cm³/mol. The number of amides is 4. The Morgan fingerprint density at radius 3 is 2.01 bits per heavy atom. The van der Waals surface area contributed by atoms with Gasteiger partial charge in [-0.2, -0.15) is 0 Å². The maximum Gasteiger partial charge on any atom is 0.407 e. The number of nitrogens with zero attached hydrogens (tertiary/aromatic N) is 4. The Labute approximate surface area is 390 Å². The van der Waals surface area contributed by atoms with Crippen LogP contribution in [-0.2, 0) is 30.3 Å². The molecule has 1 aliphatic heterocycles. The zero-order chi connectivity index (χ0) is 47.5. The quantitative estimate of drug-likeness (QED) is 0.0547. The Morgan fingerprint density at radius 1 is 0.851 bits per heavy atom. The summed E-state index contributed by atoms with van der Waals surface area (Å²) in [4.78, 5) is 72.9. The molecule has 8 rings (SSSR count). The van der Waals surface area contributed by atoms with E-state index in [0.29, 0.717) is 43.7 Å². The number of carbonyl (C=O) groups excluding carboxylic acids is 4. The van der Waals surface area contributed by atoms with E-state index >= 15 is 0 Å². The summed E-state index contributed by atoms with van der Waals surface area (Å²) in [6.45, 7) is 13.6. The Bertz CT molecular complexity index is 2890. The molecule has 0 radical (unpaired) electrons. The molecule has 2 fully saturated rings. The number of rotatable bonds is 16. The van der Waals surface area contributed by atoms with Crippen molar-refractivity contribution in [2.75, 3.05) is 40.5 Å². The molecule has 1 saturated heterocycles. The van der Waals surface area contributed by atoms with Gasteiger partial charge in [-0.05, 0) is 88.8 Å². The molecule has 2 aliphatic rings. The smallest absolute Gasteiger partial charge is 0.407 e. The van der Waals surface area contributed by atoms with Crippen LogP contribution in [0, 0.1) is 36.0 Å². The van der Waals surface area contributed by atoms with E-state index in [1.165, 1.54) is 20.6 Å². The molecule has 15 nitrogen and oxygen atoms in total. The van der Waals surface area contributed by atoms with Gasteiger partial charge in [-0.15, -0.1) is 6.42 Å². The fourth-order valence-electron chi connectivity index (χ4n) is 9.22. The maximum atomic E-state index is 14.2. The number of nitrogens with one attached hydrogen (secondary N) is 4. The number of imidazole rings is 2. The van der Waals surface area contributed by atoms with Crippen molar-refractivity contribution in [3.05, 3.63) is 84.5 Å². The average Bonchev–Trinajstić information content (AvgIpc) is 4.05. The number of alkyl carbamates (subject to hydrolysis) is 2. The molecule has 4 aromatic carbocycles. The number of ether oxygens (including phenoxy) is 3. The summed E-state index contributed by atoms with van der Waals surface area (Å²) in [5.74, 6) is 3.35. The zero-order valence-electron chi connectivity index (χ0n) is 39.1. The van der Waals surface area contributed by atoms with Gasteiger partial charge >= 0.3 is 12.2 Å². The van der Waals surface area contributed by atoms with Crippen molar-refractivity contribution >= 4 is 67.6 Å². The van der Waals surface area contributed by atoms with Crippen molar-refractivity contribution in [3.63, 3.8) is 0 Å². The summed E-state index contributed by atoms with van der Waals surface area (Å²) in [5.41, 5.74) is 6.18. The number of aromatic nitrogens is 4. The molecular weight excluding hydrogens is 849 g/mol. The SMILES string of the molecule is C#C[C@@H](COCC1CCC1)CN(Cc1nc2ccc3cc(-c4ccc5c(ccc6nc([C@@H]7C(=C)CCN7C(=O)[C@@H](NC(=O)OC)C(C)C)[nH]c65)c4)ccc3c2[nH]1)C(=O)[C@@H](NC(=O)OC)C(C)C. The van der Waals surface area contributed by atoms with Crippen molar-refractivity contribution in [2.24, 2.45) is 23.7 Å². The van der Waals surface area contributed by atoms with Gasteiger partial charge in [0.05, 0.1) is 55.4 Å². The standard InChI is InChI=1S/C52H60N8O7/c1-9-32(27-67-28-33-11-10-12-33)25-59(49(61)43(29(2)3)57-51(63)65-7)26-42-53-40-19-15-36-23-34(13-17-38(36)45(40)55-42)35-14-18-39-37(24-35)16-20-41-46(39)56-48(54-41)47-31(6)21-22-60(47)50(62)44(30(4)5)58-52(64)66-8/h1,13-20,23-24,29-30,32-33,43-44,47H,6,10-12,21-22,25-28H2,2-5,7-8H3,(H,53,55)(H,54,56)(H,57,63)(H,58,64)/t32-,43+,44+,47+/m1/s1. The second-order valence-corrected chi connectivity index (χ2v) is 18.6. The number of methoxy groups -OCH3 is 2. The number of hydrogen-bond acceptors (Lipinski definition) is 9. The molecule has 350 valence electrons. The minimum Gasteiger partial charge on any atom is -0.453 e. The lowest BCUT2D eigenvalue weighted by molar-refractivity contribution is -0.136. The number of terminal acetylenes is 1.